The number of aromatic nitrogens is 1. The summed E-state index contributed by atoms with van der Waals surface area (Å²) in [6.07, 6.45) is 1.58. The number of benzene rings is 2. The van der Waals surface area contributed by atoms with Gasteiger partial charge in [-0.1, -0.05) is 48.0 Å². The number of hydrogen-bond donors (Lipinski definition) is 1. The summed E-state index contributed by atoms with van der Waals surface area (Å²) in [5.41, 5.74) is 1.22. The van der Waals surface area contributed by atoms with Crippen molar-refractivity contribution in [3.8, 4) is 0 Å². The number of sulfone groups is 1. The van der Waals surface area contributed by atoms with E-state index < -0.39 is 9.84 Å². The van der Waals surface area contributed by atoms with Crippen LogP contribution in [-0.2, 0) is 16.4 Å². The molecule has 0 unspecified atom stereocenters. The van der Waals surface area contributed by atoms with Crippen LogP contribution in [0.3, 0.4) is 0 Å². The summed E-state index contributed by atoms with van der Waals surface area (Å²) in [7, 11) is -3.38. The van der Waals surface area contributed by atoms with E-state index in [1.165, 1.54) is 11.8 Å². The quantitative estimate of drug-likeness (QED) is 0.524. The van der Waals surface area contributed by atoms with Crippen molar-refractivity contribution in [1.29, 1.82) is 0 Å². The van der Waals surface area contributed by atoms with Gasteiger partial charge in [-0.05, 0) is 35.9 Å². The Morgan fingerprint density at radius 2 is 1.72 bits per heavy atom. The van der Waals surface area contributed by atoms with Crippen LogP contribution in [0, 0.1) is 0 Å². The largest absolute Gasteiger partial charge is 0.348 e. The molecule has 1 aromatic heterocycles. The fourth-order valence-electron chi connectivity index (χ4n) is 2.58. The Balaban J connectivity index is 1.63. The lowest BCUT2D eigenvalue weighted by molar-refractivity contribution is 0.0947. The van der Waals surface area contributed by atoms with Crippen molar-refractivity contribution in [1.82, 2.24) is 10.3 Å². The SMILES string of the molecule is O=C(NCc1ccccc1Cl)c1cccnc1SCCS(=O)(=O)c1ccccc1. The zero-order chi connectivity index (χ0) is 20.7. The van der Waals surface area contributed by atoms with E-state index >= 15 is 0 Å². The summed E-state index contributed by atoms with van der Waals surface area (Å²) >= 11 is 7.37. The van der Waals surface area contributed by atoms with E-state index in [1.54, 1.807) is 54.7 Å². The number of amides is 1. The molecule has 0 spiro atoms. The summed E-state index contributed by atoms with van der Waals surface area (Å²) in [6.45, 7) is 0.292. The van der Waals surface area contributed by atoms with Crippen LogP contribution in [0.15, 0.2) is 82.8 Å². The summed E-state index contributed by atoms with van der Waals surface area (Å²) < 4.78 is 24.8. The minimum absolute atomic E-state index is 0.0427. The van der Waals surface area contributed by atoms with Gasteiger partial charge in [-0.25, -0.2) is 13.4 Å². The molecule has 29 heavy (non-hydrogen) atoms. The highest BCUT2D eigenvalue weighted by atomic mass is 35.5. The molecule has 0 saturated heterocycles. The third kappa shape index (κ3) is 5.82. The number of rotatable bonds is 8. The molecule has 5 nitrogen and oxygen atoms in total. The Hall–Kier alpha value is -2.35. The molecule has 0 aliphatic carbocycles. The van der Waals surface area contributed by atoms with Gasteiger partial charge in [0.1, 0.15) is 5.03 Å². The molecule has 2 aromatic carbocycles. The number of carbonyl (C=O) groups is 1. The summed E-state index contributed by atoms with van der Waals surface area (Å²) in [4.78, 5) is 17.1. The second-order valence-corrected chi connectivity index (χ2v) is 9.71. The van der Waals surface area contributed by atoms with E-state index in [1.807, 2.05) is 18.2 Å². The van der Waals surface area contributed by atoms with Gasteiger partial charge in [0.25, 0.3) is 5.91 Å². The van der Waals surface area contributed by atoms with Crippen LogP contribution in [0.5, 0.6) is 0 Å². The van der Waals surface area contributed by atoms with Gasteiger partial charge in [-0.2, -0.15) is 0 Å². The first kappa shape index (κ1) is 21.4. The molecule has 0 aliphatic heterocycles. The number of carbonyl (C=O) groups excluding carboxylic acids is 1. The molecule has 1 amide bonds. The lowest BCUT2D eigenvalue weighted by atomic mass is 10.2. The average Bonchev–Trinajstić information content (AvgIpc) is 2.74. The maximum Gasteiger partial charge on any atom is 0.254 e. The van der Waals surface area contributed by atoms with Crippen LogP contribution < -0.4 is 5.32 Å². The highest BCUT2D eigenvalue weighted by molar-refractivity contribution is 8.00. The fourth-order valence-corrected chi connectivity index (χ4v) is 5.45. The van der Waals surface area contributed by atoms with Crippen molar-refractivity contribution in [2.75, 3.05) is 11.5 Å². The van der Waals surface area contributed by atoms with Crippen molar-refractivity contribution in [3.05, 3.63) is 89.1 Å². The van der Waals surface area contributed by atoms with Crippen molar-refractivity contribution in [2.24, 2.45) is 0 Å². The minimum atomic E-state index is -3.38. The van der Waals surface area contributed by atoms with Gasteiger partial charge in [0.15, 0.2) is 9.84 Å². The third-order valence-electron chi connectivity index (χ3n) is 4.11. The van der Waals surface area contributed by atoms with Crippen molar-refractivity contribution in [3.63, 3.8) is 0 Å². The molecule has 3 aromatic rings. The summed E-state index contributed by atoms with van der Waals surface area (Å²) in [5, 5.41) is 3.91. The molecule has 1 N–H and O–H groups in total. The molecule has 8 heteroatoms. The van der Waals surface area contributed by atoms with Gasteiger partial charge < -0.3 is 5.32 Å². The van der Waals surface area contributed by atoms with Crippen LogP contribution in [0.1, 0.15) is 15.9 Å². The normalized spacial score (nSPS) is 11.2. The number of thioether (sulfide) groups is 1. The Morgan fingerprint density at radius 3 is 2.48 bits per heavy atom. The number of pyridine rings is 1. The van der Waals surface area contributed by atoms with Gasteiger partial charge in [0, 0.05) is 23.5 Å². The first-order valence-corrected chi connectivity index (χ1v) is 11.9. The maximum atomic E-state index is 12.6. The van der Waals surface area contributed by atoms with E-state index in [0.717, 1.165) is 5.56 Å². The van der Waals surface area contributed by atoms with Crippen molar-refractivity contribution >= 4 is 39.1 Å². The van der Waals surface area contributed by atoms with Crippen LogP contribution >= 0.6 is 23.4 Å². The predicted octanol–water partition coefficient (Wildman–Crippen LogP) is 4.23. The Bertz CT molecular complexity index is 1090. The molecular weight excluding hydrogens is 428 g/mol. The van der Waals surface area contributed by atoms with Gasteiger partial charge in [0.05, 0.1) is 16.2 Å². The molecule has 1 heterocycles. The smallest absolute Gasteiger partial charge is 0.254 e. The second kappa shape index (κ2) is 9.91. The molecule has 0 radical (unpaired) electrons. The average molecular weight is 447 g/mol. The van der Waals surface area contributed by atoms with Gasteiger partial charge >= 0.3 is 0 Å². The van der Waals surface area contributed by atoms with Gasteiger partial charge in [0.2, 0.25) is 0 Å². The lowest BCUT2D eigenvalue weighted by Crippen LogP contribution is -2.24. The predicted molar refractivity (Wildman–Crippen MR) is 116 cm³/mol. The van der Waals surface area contributed by atoms with Crippen LogP contribution in [0.2, 0.25) is 5.02 Å². The van der Waals surface area contributed by atoms with Gasteiger partial charge in [-0.15, -0.1) is 11.8 Å². The third-order valence-corrected chi connectivity index (χ3v) is 7.47. The molecule has 3 rings (SSSR count). The number of nitrogens with zero attached hydrogens (tertiary/aromatic N) is 1. The number of halogens is 1. The van der Waals surface area contributed by atoms with Crippen molar-refractivity contribution < 1.29 is 13.2 Å². The molecule has 0 saturated carbocycles. The summed E-state index contributed by atoms with van der Waals surface area (Å²) in [6, 6.07) is 19.0. The Kier molecular flexibility index (Phi) is 7.30. The first-order chi connectivity index (χ1) is 14.0. The fraction of sp³-hybridized carbons (Fsp3) is 0.143. The Labute approximate surface area is 179 Å². The number of nitrogens with one attached hydrogen (secondary N) is 1. The van der Waals surface area contributed by atoms with Crippen LogP contribution in [0.25, 0.3) is 0 Å². The standard InChI is InChI=1S/C21H19ClN2O3S2/c22-19-11-5-4-7-16(19)15-24-20(25)18-10-6-12-23-21(18)28-13-14-29(26,27)17-8-2-1-3-9-17/h1-12H,13-15H2,(H,24,25). The second-order valence-electron chi connectivity index (χ2n) is 6.11. The van der Waals surface area contributed by atoms with Crippen LogP contribution in [-0.4, -0.2) is 30.8 Å². The minimum Gasteiger partial charge on any atom is -0.348 e. The van der Waals surface area contributed by atoms with Gasteiger partial charge in [-0.3, -0.25) is 4.79 Å². The summed E-state index contributed by atoms with van der Waals surface area (Å²) in [5.74, 6) is -0.0377. The van der Waals surface area contributed by atoms with E-state index in [0.29, 0.717) is 32.8 Å². The lowest BCUT2D eigenvalue weighted by Gasteiger charge is -2.10. The monoisotopic (exact) mass is 446 g/mol. The molecular formula is C21H19ClN2O3S2. The molecule has 0 aliphatic rings. The van der Waals surface area contributed by atoms with E-state index in [-0.39, 0.29) is 11.7 Å². The van der Waals surface area contributed by atoms with E-state index in [9.17, 15) is 13.2 Å². The molecule has 0 fully saturated rings. The van der Waals surface area contributed by atoms with Crippen LogP contribution in [0.4, 0.5) is 0 Å². The van der Waals surface area contributed by atoms with E-state index in [2.05, 4.69) is 10.3 Å². The Morgan fingerprint density at radius 1 is 1.00 bits per heavy atom. The van der Waals surface area contributed by atoms with E-state index in [4.69, 9.17) is 11.6 Å². The first-order valence-electron chi connectivity index (χ1n) is 8.84. The molecule has 0 atom stereocenters. The maximum absolute atomic E-state index is 12.6. The zero-order valence-corrected chi connectivity index (χ0v) is 17.8. The molecule has 0 bridgehead atoms. The zero-order valence-electron chi connectivity index (χ0n) is 15.4. The van der Waals surface area contributed by atoms with Crippen molar-refractivity contribution in [2.45, 2.75) is 16.5 Å². The molecule has 150 valence electrons. The highest BCUT2D eigenvalue weighted by Crippen LogP contribution is 2.22. The number of hydrogen-bond acceptors (Lipinski definition) is 5. The topological polar surface area (TPSA) is 76.1 Å². The highest BCUT2D eigenvalue weighted by Gasteiger charge is 2.17.